The number of allylic oxidation sites excluding steroid dienone is 1. The third-order valence-corrected chi connectivity index (χ3v) is 6.52. The van der Waals surface area contributed by atoms with Gasteiger partial charge in [-0.2, -0.15) is 0 Å². The number of benzene rings is 1. The second-order valence-corrected chi connectivity index (χ2v) is 8.47. The summed E-state index contributed by atoms with van der Waals surface area (Å²) in [5.41, 5.74) is 2.96. The summed E-state index contributed by atoms with van der Waals surface area (Å²) in [6.45, 7) is 7.04. The van der Waals surface area contributed by atoms with Crippen molar-refractivity contribution in [2.45, 2.75) is 24.4 Å². The van der Waals surface area contributed by atoms with Gasteiger partial charge in [0.1, 0.15) is 5.01 Å². The lowest BCUT2D eigenvalue weighted by atomic mass is 10.2. The van der Waals surface area contributed by atoms with Gasteiger partial charge in [-0.3, -0.25) is 9.55 Å². The molecule has 7 nitrogen and oxygen atoms in total. The fourth-order valence-electron chi connectivity index (χ4n) is 3.12. The standard InChI is InChI=1S/C23H23N5O2S2/c1-4-12-28-21(16-8-10-24-11-9-16)26-27-23(28)32-15-18-14-31-22(25-18)17-6-7-19(30-5-2)20(13-17)29-3/h4,6-11,13-14H,1,5,12,15H2,2-3H3. The van der Waals surface area contributed by atoms with E-state index in [1.807, 2.05) is 43.3 Å². The highest BCUT2D eigenvalue weighted by atomic mass is 32.2. The van der Waals surface area contributed by atoms with E-state index >= 15 is 0 Å². The topological polar surface area (TPSA) is 75.0 Å². The van der Waals surface area contributed by atoms with Crippen LogP contribution in [0.3, 0.4) is 0 Å². The third-order valence-electron chi connectivity index (χ3n) is 4.58. The first-order chi connectivity index (χ1) is 15.7. The van der Waals surface area contributed by atoms with Crippen LogP contribution in [0.4, 0.5) is 0 Å². The van der Waals surface area contributed by atoms with Gasteiger partial charge in [-0.05, 0) is 37.3 Å². The molecule has 3 aromatic heterocycles. The number of aromatic nitrogens is 5. The molecule has 0 atom stereocenters. The van der Waals surface area contributed by atoms with Crippen LogP contribution in [-0.4, -0.2) is 38.4 Å². The van der Waals surface area contributed by atoms with Crippen LogP contribution >= 0.6 is 23.1 Å². The van der Waals surface area contributed by atoms with Crippen LogP contribution in [0.15, 0.2) is 65.9 Å². The lowest BCUT2D eigenvalue weighted by Crippen LogP contribution is -2.00. The van der Waals surface area contributed by atoms with Crippen molar-refractivity contribution in [3.8, 4) is 33.5 Å². The molecule has 0 amide bonds. The highest BCUT2D eigenvalue weighted by molar-refractivity contribution is 7.98. The summed E-state index contributed by atoms with van der Waals surface area (Å²) >= 11 is 3.21. The number of hydrogen-bond donors (Lipinski definition) is 0. The zero-order valence-corrected chi connectivity index (χ0v) is 19.5. The summed E-state index contributed by atoms with van der Waals surface area (Å²) in [4.78, 5) is 8.88. The molecule has 0 saturated carbocycles. The number of nitrogens with zero attached hydrogens (tertiary/aromatic N) is 5. The molecule has 0 unspecified atom stereocenters. The number of methoxy groups -OCH3 is 1. The second kappa shape index (κ2) is 10.4. The van der Waals surface area contributed by atoms with Crippen LogP contribution < -0.4 is 9.47 Å². The highest BCUT2D eigenvalue weighted by Gasteiger charge is 2.15. The van der Waals surface area contributed by atoms with Crippen molar-refractivity contribution in [1.82, 2.24) is 24.7 Å². The Kier molecular flexibility index (Phi) is 7.18. The number of thiazole rings is 1. The van der Waals surface area contributed by atoms with Gasteiger partial charge in [0.05, 0.1) is 19.4 Å². The van der Waals surface area contributed by atoms with E-state index in [1.165, 1.54) is 0 Å². The molecular weight excluding hydrogens is 442 g/mol. The van der Waals surface area contributed by atoms with E-state index < -0.39 is 0 Å². The minimum atomic E-state index is 0.591. The predicted molar refractivity (Wildman–Crippen MR) is 128 cm³/mol. The maximum atomic E-state index is 5.61. The smallest absolute Gasteiger partial charge is 0.192 e. The Hall–Kier alpha value is -3.17. The third kappa shape index (κ3) is 4.84. The zero-order chi connectivity index (χ0) is 22.3. The molecule has 0 N–H and O–H groups in total. The first-order valence-electron chi connectivity index (χ1n) is 10.1. The minimum Gasteiger partial charge on any atom is -0.493 e. The number of thioether (sulfide) groups is 1. The van der Waals surface area contributed by atoms with Crippen LogP contribution in [0.25, 0.3) is 22.0 Å². The van der Waals surface area contributed by atoms with Crippen LogP contribution in [0, 0.1) is 0 Å². The molecule has 164 valence electrons. The average molecular weight is 466 g/mol. The van der Waals surface area contributed by atoms with E-state index in [2.05, 4.69) is 31.7 Å². The van der Waals surface area contributed by atoms with Gasteiger partial charge in [0, 0.05) is 41.2 Å². The van der Waals surface area contributed by atoms with E-state index in [1.54, 1.807) is 42.6 Å². The molecule has 0 radical (unpaired) electrons. The van der Waals surface area contributed by atoms with Gasteiger partial charge in [0.2, 0.25) is 0 Å². The fourth-order valence-corrected chi connectivity index (χ4v) is 4.89. The van der Waals surface area contributed by atoms with Crippen molar-refractivity contribution < 1.29 is 9.47 Å². The SMILES string of the molecule is C=CCn1c(SCc2csc(-c3ccc(OCC)c(OC)c3)n2)nnc1-c1ccncc1. The van der Waals surface area contributed by atoms with Gasteiger partial charge >= 0.3 is 0 Å². The Morgan fingerprint density at radius 2 is 1.97 bits per heavy atom. The lowest BCUT2D eigenvalue weighted by molar-refractivity contribution is 0.311. The van der Waals surface area contributed by atoms with Crippen molar-refractivity contribution in [3.05, 3.63) is 66.5 Å². The average Bonchev–Trinajstić information content (AvgIpc) is 3.46. The zero-order valence-electron chi connectivity index (χ0n) is 17.9. The Morgan fingerprint density at radius 3 is 2.72 bits per heavy atom. The van der Waals surface area contributed by atoms with Crippen LogP contribution in [0.5, 0.6) is 11.5 Å². The van der Waals surface area contributed by atoms with Crippen LogP contribution in [0.2, 0.25) is 0 Å². The molecule has 9 heteroatoms. The van der Waals surface area contributed by atoms with Gasteiger partial charge in [0.15, 0.2) is 22.5 Å². The Balaban J connectivity index is 1.50. The van der Waals surface area contributed by atoms with Crippen molar-refractivity contribution in [1.29, 1.82) is 0 Å². The summed E-state index contributed by atoms with van der Waals surface area (Å²) < 4.78 is 13.1. The molecule has 4 aromatic rings. The molecule has 0 fully saturated rings. The van der Waals surface area contributed by atoms with Gasteiger partial charge in [0.25, 0.3) is 0 Å². The van der Waals surface area contributed by atoms with Crippen LogP contribution in [0.1, 0.15) is 12.6 Å². The van der Waals surface area contributed by atoms with Crippen molar-refractivity contribution in [2.24, 2.45) is 0 Å². The van der Waals surface area contributed by atoms with Crippen molar-refractivity contribution >= 4 is 23.1 Å². The van der Waals surface area contributed by atoms with Gasteiger partial charge in [-0.1, -0.05) is 17.8 Å². The Morgan fingerprint density at radius 1 is 1.12 bits per heavy atom. The summed E-state index contributed by atoms with van der Waals surface area (Å²) in [7, 11) is 1.64. The van der Waals surface area contributed by atoms with Crippen molar-refractivity contribution in [2.75, 3.05) is 13.7 Å². The van der Waals surface area contributed by atoms with Crippen molar-refractivity contribution in [3.63, 3.8) is 0 Å². The number of rotatable bonds is 10. The highest BCUT2D eigenvalue weighted by Crippen LogP contribution is 2.35. The van der Waals surface area contributed by atoms with E-state index in [9.17, 15) is 0 Å². The Bertz CT molecular complexity index is 1190. The number of ether oxygens (including phenoxy) is 2. The number of hydrogen-bond acceptors (Lipinski definition) is 8. The molecule has 0 bridgehead atoms. The van der Waals surface area contributed by atoms with E-state index in [0.717, 1.165) is 38.6 Å². The molecule has 32 heavy (non-hydrogen) atoms. The second-order valence-electron chi connectivity index (χ2n) is 6.67. The molecular formula is C23H23N5O2S2. The fraction of sp³-hybridized carbons (Fsp3) is 0.217. The molecule has 0 aliphatic rings. The number of pyridine rings is 1. The van der Waals surface area contributed by atoms with Gasteiger partial charge in [-0.15, -0.1) is 28.1 Å². The first-order valence-corrected chi connectivity index (χ1v) is 11.9. The van der Waals surface area contributed by atoms with E-state index in [4.69, 9.17) is 14.5 Å². The van der Waals surface area contributed by atoms with E-state index in [0.29, 0.717) is 24.7 Å². The lowest BCUT2D eigenvalue weighted by Gasteiger charge is -2.10. The molecule has 0 spiro atoms. The monoisotopic (exact) mass is 465 g/mol. The van der Waals surface area contributed by atoms with Crippen LogP contribution in [-0.2, 0) is 12.3 Å². The molecule has 0 aliphatic carbocycles. The Labute approximate surface area is 195 Å². The molecule has 1 aromatic carbocycles. The molecule has 0 aliphatic heterocycles. The summed E-state index contributed by atoms with van der Waals surface area (Å²) in [6, 6.07) is 9.74. The summed E-state index contributed by atoms with van der Waals surface area (Å²) in [6.07, 6.45) is 5.35. The normalized spacial score (nSPS) is 10.8. The minimum absolute atomic E-state index is 0.591. The maximum absolute atomic E-state index is 5.61. The molecule has 4 rings (SSSR count). The summed E-state index contributed by atoms with van der Waals surface area (Å²) in [5.74, 6) is 2.93. The maximum Gasteiger partial charge on any atom is 0.192 e. The summed E-state index contributed by atoms with van der Waals surface area (Å²) in [5, 5.41) is 12.6. The predicted octanol–water partition coefficient (Wildman–Crippen LogP) is 5.35. The molecule has 3 heterocycles. The largest absolute Gasteiger partial charge is 0.493 e. The first kappa shape index (κ1) is 22.0. The molecule has 0 saturated heterocycles. The van der Waals surface area contributed by atoms with Gasteiger partial charge in [-0.25, -0.2) is 4.98 Å². The van der Waals surface area contributed by atoms with E-state index in [-0.39, 0.29) is 0 Å². The van der Waals surface area contributed by atoms with Gasteiger partial charge < -0.3 is 9.47 Å². The quantitative estimate of drug-likeness (QED) is 0.231.